The molecule has 0 aliphatic rings. The van der Waals surface area contributed by atoms with Crippen molar-refractivity contribution in [2.24, 2.45) is 0 Å². The SMILES string of the molecule is CCC(C)(NCC(=O)NC(=O)NC)c1nccs1. The van der Waals surface area contributed by atoms with Gasteiger partial charge in [0, 0.05) is 18.6 Å². The van der Waals surface area contributed by atoms with Crippen LogP contribution in [0, 0.1) is 0 Å². The Morgan fingerprint density at radius 1 is 1.50 bits per heavy atom. The molecule has 0 saturated heterocycles. The Balaban J connectivity index is 2.55. The average molecular weight is 270 g/mol. The Hall–Kier alpha value is -1.47. The number of nitrogens with zero attached hydrogens (tertiary/aromatic N) is 1. The summed E-state index contributed by atoms with van der Waals surface area (Å²) in [5, 5.41) is 10.5. The molecule has 1 atom stereocenters. The van der Waals surface area contributed by atoms with Crippen LogP contribution in [-0.4, -0.2) is 30.5 Å². The summed E-state index contributed by atoms with van der Waals surface area (Å²) in [5.41, 5.74) is -0.353. The summed E-state index contributed by atoms with van der Waals surface area (Å²) >= 11 is 1.54. The van der Waals surface area contributed by atoms with Gasteiger partial charge in [-0.1, -0.05) is 6.92 Å². The minimum atomic E-state index is -0.505. The first-order valence-corrected chi connectivity index (χ1v) is 6.56. The molecule has 0 spiro atoms. The lowest BCUT2D eigenvalue weighted by Gasteiger charge is -2.27. The fourth-order valence-corrected chi connectivity index (χ4v) is 2.21. The second kappa shape index (κ2) is 6.46. The second-order valence-corrected chi connectivity index (χ2v) is 4.90. The fraction of sp³-hybridized carbons (Fsp3) is 0.545. The van der Waals surface area contributed by atoms with E-state index in [9.17, 15) is 9.59 Å². The third kappa shape index (κ3) is 3.78. The van der Waals surface area contributed by atoms with E-state index in [0.29, 0.717) is 0 Å². The average Bonchev–Trinajstić information content (AvgIpc) is 2.90. The van der Waals surface area contributed by atoms with Gasteiger partial charge in [-0.3, -0.25) is 15.4 Å². The third-order valence-electron chi connectivity index (χ3n) is 2.73. The molecule has 1 heterocycles. The molecular weight excluding hydrogens is 252 g/mol. The Morgan fingerprint density at radius 3 is 2.72 bits per heavy atom. The molecule has 100 valence electrons. The van der Waals surface area contributed by atoms with Gasteiger partial charge >= 0.3 is 6.03 Å². The lowest BCUT2D eigenvalue weighted by molar-refractivity contribution is -0.119. The summed E-state index contributed by atoms with van der Waals surface area (Å²) < 4.78 is 0. The molecule has 0 aromatic carbocycles. The summed E-state index contributed by atoms with van der Waals surface area (Å²) in [4.78, 5) is 26.7. The normalized spacial score (nSPS) is 13.7. The Morgan fingerprint density at radius 2 is 2.22 bits per heavy atom. The van der Waals surface area contributed by atoms with Gasteiger partial charge < -0.3 is 5.32 Å². The van der Waals surface area contributed by atoms with Crippen molar-refractivity contribution in [1.29, 1.82) is 0 Å². The van der Waals surface area contributed by atoms with E-state index in [1.54, 1.807) is 6.20 Å². The van der Waals surface area contributed by atoms with E-state index in [-0.39, 0.29) is 18.0 Å². The van der Waals surface area contributed by atoms with Gasteiger partial charge in [0.1, 0.15) is 5.01 Å². The Bertz CT molecular complexity index is 407. The van der Waals surface area contributed by atoms with Crippen LogP contribution in [0.5, 0.6) is 0 Å². The summed E-state index contributed by atoms with van der Waals surface area (Å²) in [7, 11) is 1.46. The molecule has 1 aromatic rings. The Labute approximate surface area is 110 Å². The van der Waals surface area contributed by atoms with Crippen molar-refractivity contribution in [3.05, 3.63) is 16.6 Å². The monoisotopic (exact) mass is 270 g/mol. The van der Waals surface area contributed by atoms with Crippen LogP contribution in [0.1, 0.15) is 25.3 Å². The quantitative estimate of drug-likeness (QED) is 0.739. The highest BCUT2D eigenvalue weighted by Crippen LogP contribution is 2.25. The van der Waals surface area contributed by atoms with Crippen LogP contribution in [0.3, 0.4) is 0 Å². The standard InChI is InChI=1S/C11H18N4O2S/c1-4-11(2,9-13-5-6-18-9)14-7-8(16)15-10(17)12-3/h5-6,14H,4,7H2,1-3H3,(H2,12,15,16,17). The Kier molecular flexibility index (Phi) is 5.24. The molecule has 3 N–H and O–H groups in total. The number of rotatable bonds is 5. The van der Waals surface area contributed by atoms with Gasteiger partial charge in [0.2, 0.25) is 5.91 Å². The summed E-state index contributed by atoms with van der Waals surface area (Å²) in [6, 6.07) is -0.505. The molecule has 0 fully saturated rings. The van der Waals surface area contributed by atoms with Crippen molar-refractivity contribution in [2.45, 2.75) is 25.8 Å². The largest absolute Gasteiger partial charge is 0.341 e. The summed E-state index contributed by atoms with van der Waals surface area (Å²) in [6.07, 6.45) is 2.54. The van der Waals surface area contributed by atoms with E-state index >= 15 is 0 Å². The zero-order valence-corrected chi connectivity index (χ0v) is 11.6. The van der Waals surface area contributed by atoms with Crippen LogP contribution >= 0.6 is 11.3 Å². The maximum absolute atomic E-state index is 11.5. The van der Waals surface area contributed by atoms with E-state index in [1.807, 2.05) is 19.2 Å². The van der Waals surface area contributed by atoms with E-state index in [2.05, 4.69) is 20.9 Å². The molecule has 1 rings (SSSR count). The molecule has 0 aliphatic carbocycles. The number of hydrogen-bond acceptors (Lipinski definition) is 5. The smallest absolute Gasteiger partial charge is 0.321 e. The van der Waals surface area contributed by atoms with Crippen LogP contribution < -0.4 is 16.0 Å². The van der Waals surface area contributed by atoms with Crippen molar-refractivity contribution >= 4 is 23.3 Å². The zero-order valence-electron chi connectivity index (χ0n) is 10.7. The number of imide groups is 1. The van der Waals surface area contributed by atoms with Crippen molar-refractivity contribution in [3.8, 4) is 0 Å². The number of urea groups is 1. The number of carbonyl (C=O) groups is 2. The predicted octanol–water partition coefficient (Wildman–Crippen LogP) is 0.814. The number of aromatic nitrogens is 1. The number of carbonyl (C=O) groups excluding carboxylic acids is 2. The highest BCUT2D eigenvalue weighted by molar-refractivity contribution is 7.09. The number of hydrogen-bond donors (Lipinski definition) is 3. The molecule has 0 saturated carbocycles. The minimum absolute atomic E-state index is 0.0668. The van der Waals surface area contributed by atoms with Crippen molar-refractivity contribution in [3.63, 3.8) is 0 Å². The maximum atomic E-state index is 11.5. The topological polar surface area (TPSA) is 83.1 Å². The van der Waals surface area contributed by atoms with Gasteiger partial charge in [0.05, 0.1) is 12.1 Å². The van der Waals surface area contributed by atoms with Crippen LogP contribution in [-0.2, 0) is 10.3 Å². The van der Waals surface area contributed by atoms with Crippen LogP contribution in [0.15, 0.2) is 11.6 Å². The van der Waals surface area contributed by atoms with E-state index in [4.69, 9.17) is 0 Å². The van der Waals surface area contributed by atoms with E-state index in [0.717, 1.165) is 11.4 Å². The molecule has 0 radical (unpaired) electrons. The number of nitrogens with one attached hydrogen (secondary N) is 3. The molecule has 1 aromatic heterocycles. The molecular formula is C11H18N4O2S. The van der Waals surface area contributed by atoms with Gasteiger partial charge in [-0.2, -0.15) is 0 Å². The zero-order chi connectivity index (χ0) is 13.6. The third-order valence-corrected chi connectivity index (χ3v) is 3.77. The first-order chi connectivity index (χ1) is 8.51. The van der Waals surface area contributed by atoms with Crippen molar-refractivity contribution < 1.29 is 9.59 Å². The second-order valence-electron chi connectivity index (χ2n) is 4.00. The minimum Gasteiger partial charge on any atom is -0.341 e. The molecule has 1 unspecified atom stereocenters. The molecule has 0 bridgehead atoms. The summed E-state index contributed by atoms with van der Waals surface area (Å²) in [5.74, 6) is -0.370. The summed E-state index contributed by atoms with van der Waals surface area (Å²) in [6.45, 7) is 4.07. The van der Waals surface area contributed by atoms with E-state index in [1.165, 1.54) is 18.4 Å². The maximum Gasteiger partial charge on any atom is 0.321 e. The molecule has 18 heavy (non-hydrogen) atoms. The van der Waals surface area contributed by atoms with Gasteiger partial charge in [0.25, 0.3) is 0 Å². The number of amides is 3. The molecule has 7 heteroatoms. The lowest BCUT2D eigenvalue weighted by atomic mass is 10.00. The first kappa shape index (κ1) is 14.6. The molecule has 0 aliphatic heterocycles. The van der Waals surface area contributed by atoms with Crippen LogP contribution in [0.4, 0.5) is 4.79 Å². The molecule has 3 amide bonds. The van der Waals surface area contributed by atoms with Gasteiger partial charge in [-0.15, -0.1) is 11.3 Å². The van der Waals surface area contributed by atoms with Crippen LogP contribution in [0.25, 0.3) is 0 Å². The van der Waals surface area contributed by atoms with Crippen molar-refractivity contribution in [1.82, 2.24) is 20.9 Å². The highest BCUT2D eigenvalue weighted by atomic mass is 32.1. The predicted molar refractivity (Wildman–Crippen MR) is 70.4 cm³/mol. The van der Waals surface area contributed by atoms with Gasteiger partial charge in [-0.25, -0.2) is 9.78 Å². The molecule has 6 nitrogen and oxygen atoms in total. The van der Waals surface area contributed by atoms with E-state index < -0.39 is 6.03 Å². The van der Waals surface area contributed by atoms with Gasteiger partial charge in [0.15, 0.2) is 0 Å². The van der Waals surface area contributed by atoms with Gasteiger partial charge in [-0.05, 0) is 13.3 Å². The number of thiazole rings is 1. The van der Waals surface area contributed by atoms with Crippen LogP contribution in [0.2, 0.25) is 0 Å². The fourth-order valence-electron chi connectivity index (χ4n) is 1.36. The highest BCUT2D eigenvalue weighted by Gasteiger charge is 2.27. The van der Waals surface area contributed by atoms with Crippen molar-refractivity contribution in [2.75, 3.05) is 13.6 Å². The first-order valence-electron chi connectivity index (χ1n) is 5.68. The lowest BCUT2D eigenvalue weighted by Crippen LogP contribution is -2.47.